The molecule has 9 nitrogen and oxygen atoms in total. The maximum absolute atomic E-state index is 11.7. The number of nitrogens with zero attached hydrogens (tertiary/aromatic N) is 5. The average Bonchev–Trinajstić information content (AvgIpc) is 3.03. The molecular weight excluding hydrogens is 312 g/mol. The lowest BCUT2D eigenvalue weighted by molar-refractivity contribution is -0.394. The molecule has 3 aromatic rings. The summed E-state index contributed by atoms with van der Waals surface area (Å²) in [5, 5.41) is 20.1. The summed E-state index contributed by atoms with van der Waals surface area (Å²) < 4.78 is 1.07. The molecule has 0 atom stereocenters. The van der Waals surface area contributed by atoms with Gasteiger partial charge >= 0.3 is 5.95 Å². The second-order valence-corrected chi connectivity index (χ2v) is 4.90. The maximum Gasteiger partial charge on any atom is 0.490 e. The molecule has 0 aliphatic heterocycles. The third-order valence-electron chi connectivity index (χ3n) is 3.17. The Bertz CT molecular complexity index is 934. The van der Waals surface area contributed by atoms with Crippen molar-refractivity contribution >= 4 is 28.8 Å². The van der Waals surface area contributed by atoms with E-state index in [2.05, 4.69) is 20.6 Å². The van der Waals surface area contributed by atoms with Gasteiger partial charge in [0.2, 0.25) is 6.33 Å². The first-order valence-corrected chi connectivity index (χ1v) is 6.96. The highest BCUT2D eigenvalue weighted by molar-refractivity contribution is 5.90. The van der Waals surface area contributed by atoms with Gasteiger partial charge in [-0.1, -0.05) is 41.4 Å². The van der Waals surface area contributed by atoms with Crippen LogP contribution < -0.4 is 5.43 Å². The largest absolute Gasteiger partial charge is 0.490 e. The molecule has 1 amide bonds. The van der Waals surface area contributed by atoms with Crippen LogP contribution in [0.25, 0.3) is 10.8 Å². The molecule has 3 rings (SSSR count). The molecule has 0 radical (unpaired) electrons. The monoisotopic (exact) mass is 324 g/mol. The molecule has 0 aliphatic rings. The summed E-state index contributed by atoms with van der Waals surface area (Å²) in [4.78, 5) is 24.9. The van der Waals surface area contributed by atoms with Crippen molar-refractivity contribution < 1.29 is 9.72 Å². The molecule has 120 valence electrons. The summed E-state index contributed by atoms with van der Waals surface area (Å²) in [5.74, 6) is -1.02. The third kappa shape index (κ3) is 3.58. The van der Waals surface area contributed by atoms with Gasteiger partial charge < -0.3 is 10.1 Å². The van der Waals surface area contributed by atoms with Crippen molar-refractivity contribution in [3.63, 3.8) is 0 Å². The van der Waals surface area contributed by atoms with Crippen molar-refractivity contribution in [2.45, 2.75) is 6.54 Å². The van der Waals surface area contributed by atoms with Gasteiger partial charge in [-0.25, -0.2) is 5.43 Å². The van der Waals surface area contributed by atoms with Crippen LogP contribution >= 0.6 is 0 Å². The summed E-state index contributed by atoms with van der Waals surface area (Å²) in [5.41, 5.74) is 3.18. The van der Waals surface area contributed by atoms with Crippen molar-refractivity contribution in [3.05, 3.63) is 64.5 Å². The summed E-state index contributed by atoms with van der Waals surface area (Å²) in [7, 11) is 0. The molecule has 0 saturated carbocycles. The first-order chi connectivity index (χ1) is 11.6. The number of hydrogen-bond acceptors (Lipinski definition) is 6. The van der Waals surface area contributed by atoms with Gasteiger partial charge in [-0.15, -0.1) is 0 Å². The molecule has 0 bridgehead atoms. The number of hydrogen-bond donors (Lipinski definition) is 1. The van der Waals surface area contributed by atoms with Gasteiger partial charge in [-0.05, 0) is 27.3 Å². The van der Waals surface area contributed by atoms with E-state index in [0.29, 0.717) is 0 Å². The van der Waals surface area contributed by atoms with Gasteiger partial charge in [0.15, 0.2) is 0 Å². The molecule has 0 fully saturated rings. The minimum Gasteiger partial charge on any atom is -0.390 e. The Morgan fingerprint density at radius 3 is 2.83 bits per heavy atom. The highest BCUT2D eigenvalue weighted by Crippen LogP contribution is 2.14. The van der Waals surface area contributed by atoms with E-state index in [0.717, 1.165) is 27.3 Å². The minimum absolute atomic E-state index is 0.212. The summed E-state index contributed by atoms with van der Waals surface area (Å²) in [6, 6.07) is 13.7. The van der Waals surface area contributed by atoms with Crippen LogP contribution in [-0.2, 0) is 11.3 Å². The van der Waals surface area contributed by atoms with Gasteiger partial charge in [-0.3, -0.25) is 4.79 Å². The number of hydrazone groups is 1. The Morgan fingerprint density at radius 1 is 1.29 bits per heavy atom. The van der Waals surface area contributed by atoms with E-state index >= 15 is 0 Å². The standard InChI is InChI=1S/C15H12N6O3/c22-14(9-20-10-16-15(19-20)21(23)24)18-17-8-11-5-6-12-3-1-2-4-13(12)7-11/h1-8,10H,9H2,(H,18,22). The lowest BCUT2D eigenvalue weighted by atomic mass is 10.1. The van der Waals surface area contributed by atoms with Crippen molar-refractivity contribution in [3.8, 4) is 0 Å². The van der Waals surface area contributed by atoms with Gasteiger partial charge in [0.25, 0.3) is 5.91 Å². The van der Waals surface area contributed by atoms with Gasteiger partial charge in [0.05, 0.1) is 6.21 Å². The molecule has 0 aliphatic carbocycles. The zero-order chi connectivity index (χ0) is 16.9. The molecule has 1 heterocycles. The van der Waals surface area contributed by atoms with Crippen molar-refractivity contribution in [2.24, 2.45) is 5.10 Å². The van der Waals surface area contributed by atoms with E-state index in [1.54, 1.807) is 0 Å². The van der Waals surface area contributed by atoms with Crippen LogP contribution in [0.2, 0.25) is 0 Å². The number of carbonyl (C=O) groups excluding carboxylic acids is 1. The average molecular weight is 324 g/mol. The van der Waals surface area contributed by atoms with Crippen LogP contribution in [0.4, 0.5) is 5.95 Å². The number of nitrogens with one attached hydrogen (secondary N) is 1. The molecule has 1 aromatic heterocycles. The Morgan fingerprint density at radius 2 is 2.08 bits per heavy atom. The Kier molecular flexibility index (Phi) is 4.23. The van der Waals surface area contributed by atoms with Crippen LogP contribution in [-0.4, -0.2) is 31.8 Å². The Hall–Kier alpha value is -3.62. The van der Waals surface area contributed by atoms with E-state index in [9.17, 15) is 14.9 Å². The second-order valence-electron chi connectivity index (χ2n) is 4.90. The fourth-order valence-electron chi connectivity index (χ4n) is 2.09. The minimum atomic E-state index is -0.730. The number of fused-ring (bicyclic) bond motifs is 1. The Labute approximate surface area is 135 Å². The molecule has 24 heavy (non-hydrogen) atoms. The first kappa shape index (κ1) is 15.3. The van der Waals surface area contributed by atoms with E-state index < -0.39 is 16.8 Å². The number of benzene rings is 2. The van der Waals surface area contributed by atoms with Crippen molar-refractivity contribution in [1.29, 1.82) is 0 Å². The molecule has 0 unspecified atom stereocenters. The molecule has 0 spiro atoms. The van der Waals surface area contributed by atoms with Crippen molar-refractivity contribution in [2.75, 3.05) is 0 Å². The van der Waals surface area contributed by atoms with E-state index in [4.69, 9.17) is 0 Å². The fraction of sp³-hybridized carbons (Fsp3) is 0.0667. The number of aromatic nitrogens is 3. The molecule has 0 saturated heterocycles. The van der Waals surface area contributed by atoms with Crippen molar-refractivity contribution in [1.82, 2.24) is 20.2 Å². The quantitative estimate of drug-likeness (QED) is 0.434. The number of nitro groups is 1. The molecule has 1 N–H and O–H groups in total. The fourth-order valence-corrected chi connectivity index (χ4v) is 2.09. The summed E-state index contributed by atoms with van der Waals surface area (Å²) in [6.45, 7) is -0.212. The van der Waals surface area contributed by atoms with Gasteiger partial charge in [-0.2, -0.15) is 9.78 Å². The smallest absolute Gasteiger partial charge is 0.390 e. The SMILES string of the molecule is O=C(Cn1cnc([N+](=O)[O-])n1)NN=Cc1ccc2ccccc2c1. The predicted octanol–water partition coefficient (Wildman–Crippen LogP) is 1.49. The highest BCUT2D eigenvalue weighted by atomic mass is 16.6. The third-order valence-corrected chi connectivity index (χ3v) is 3.17. The van der Waals surface area contributed by atoms with E-state index in [-0.39, 0.29) is 6.54 Å². The van der Waals surface area contributed by atoms with Crippen LogP contribution in [0.15, 0.2) is 53.9 Å². The normalized spacial score (nSPS) is 11.0. The lowest BCUT2D eigenvalue weighted by Gasteiger charge is -1.99. The summed E-state index contributed by atoms with van der Waals surface area (Å²) >= 11 is 0. The molecular formula is C15H12N6O3. The molecule has 2 aromatic carbocycles. The van der Waals surface area contributed by atoms with Crippen LogP contribution in [0, 0.1) is 10.1 Å². The van der Waals surface area contributed by atoms with Gasteiger partial charge in [0, 0.05) is 5.10 Å². The van der Waals surface area contributed by atoms with E-state index in [1.807, 2.05) is 42.5 Å². The second kappa shape index (κ2) is 6.65. The number of rotatable bonds is 5. The summed E-state index contributed by atoms with van der Waals surface area (Å²) in [6.07, 6.45) is 2.64. The predicted molar refractivity (Wildman–Crippen MR) is 86.4 cm³/mol. The zero-order valence-corrected chi connectivity index (χ0v) is 12.4. The van der Waals surface area contributed by atoms with E-state index in [1.165, 1.54) is 6.21 Å². The van der Waals surface area contributed by atoms with Crippen LogP contribution in [0.3, 0.4) is 0 Å². The van der Waals surface area contributed by atoms with Gasteiger partial charge in [0.1, 0.15) is 6.54 Å². The first-order valence-electron chi connectivity index (χ1n) is 6.96. The Balaban J connectivity index is 1.59. The topological polar surface area (TPSA) is 115 Å². The number of carbonyl (C=O) groups is 1. The number of amides is 1. The van der Waals surface area contributed by atoms with Crippen LogP contribution in [0.1, 0.15) is 5.56 Å². The van der Waals surface area contributed by atoms with Crippen LogP contribution in [0.5, 0.6) is 0 Å². The maximum atomic E-state index is 11.7. The highest BCUT2D eigenvalue weighted by Gasteiger charge is 2.14. The lowest BCUT2D eigenvalue weighted by Crippen LogP contribution is -2.23. The zero-order valence-electron chi connectivity index (χ0n) is 12.4. The molecule has 9 heteroatoms.